The zero-order valence-corrected chi connectivity index (χ0v) is 13.0. The van der Waals surface area contributed by atoms with E-state index >= 15 is 0 Å². The molecule has 4 N–H and O–H groups in total. The quantitative estimate of drug-likeness (QED) is 0.341. The Hall–Kier alpha value is -2.08. The van der Waals surface area contributed by atoms with Crippen LogP contribution in [0.3, 0.4) is 0 Å². The first-order valence-corrected chi connectivity index (χ1v) is 7.07. The van der Waals surface area contributed by atoms with Crippen LogP contribution in [0.4, 0.5) is 10.1 Å². The average molecular weight is 352 g/mol. The zero-order valence-electron chi connectivity index (χ0n) is 11.4. The van der Waals surface area contributed by atoms with Crippen molar-refractivity contribution in [2.75, 3.05) is 5.32 Å². The van der Waals surface area contributed by atoms with E-state index in [2.05, 4.69) is 26.4 Å². The molecule has 4 nitrogen and oxygen atoms in total. The molecule has 0 saturated heterocycles. The molecular weight excluding hydrogens is 337 g/mol. The highest BCUT2D eigenvalue weighted by molar-refractivity contribution is 9.10. The summed E-state index contributed by atoms with van der Waals surface area (Å²) in [7, 11) is 0. The number of benzene rings is 2. The number of aryl methyl sites for hydroxylation is 1. The Balaban J connectivity index is 2.18. The van der Waals surface area contributed by atoms with Gasteiger partial charge in [0.1, 0.15) is 5.82 Å². The fourth-order valence-electron chi connectivity index (χ4n) is 1.96. The van der Waals surface area contributed by atoms with Crippen LogP contribution in [0.5, 0.6) is 0 Å². The largest absolute Gasteiger partial charge is 0.409 e. The van der Waals surface area contributed by atoms with Crippen molar-refractivity contribution in [1.29, 1.82) is 0 Å². The molecule has 2 rings (SSSR count). The molecule has 0 saturated carbocycles. The second-order valence-corrected chi connectivity index (χ2v) is 5.43. The molecule has 0 amide bonds. The molecular formula is C15H15BrFN3O. The SMILES string of the molecule is Cc1cc(/C(N)=N/O)ccc1CNc1c(F)cccc1Br. The van der Waals surface area contributed by atoms with E-state index in [9.17, 15) is 4.39 Å². The number of hydrogen-bond donors (Lipinski definition) is 3. The molecule has 0 heterocycles. The number of anilines is 1. The lowest BCUT2D eigenvalue weighted by Gasteiger charge is -2.12. The number of oxime groups is 1. The highest BCUT2D eigenvalue weighted by Gasteiger charge is 2.08. The van der Waals surface area contributed by atoms with Crippen molar-refractivity contribution in [2.24, 2.45) is 10.9 Å². The van der Waals surface area contributed by atoms with Crippen LogP contribution < -0.4 is 11.1 Å². The zero-order chi connectivity index (χ0) is 15.4. The van der Waals surface area contributed by atoms with Crippen LogP contribution in [0.25, 0.3) is 0 Å². The van der Waals surface area contributed by atoms with E-state index in [-0.39, 0.29) is 11.7 Å². The van der Waals surface area contributed by atoms with Crippen molar-refractivity contribution in [3.63, 3.8) is 0 Å². The van der Waals surface area contributed by atoms with E-state index < -0.39 is 0 Å². The standard InChI is InChI=1S/C15H15BrFN3O/c1-9-7-10(15(18)20-21)5-6-11(9)8-19-14-12(16)3-2-4-13(14)17/h2-7,19,21H,8H2,1H3,(H2,18,20). The Bertz CT molecular complexity index is 668. The average Bonchev–Trinajstić information content (AvgIpc) is 2.47. The Kier molecular flexibility index (Phi) is 4.80. The van der Waals surface area contributed by atoms with Gasteiger partial charge in [-0.15, -0.1) is 0 Å². The van der Waals surface area contributed by atoms with Gasteiger partial charge in [0.25, 0.3) is 0 Å². The fourth-order valence-corrected chi connectivity index (χ4v) is 2.44. The van der Waals surface area contributed by atoms with Crippen molar-refractivity contribution < 1.29 is 9.60 Å². The van der Waals surface area contributed by atoms with Gasteiger partial charge in [0, 0.05) is 16.6 Å². The first kappa shape index (κ1) is 15.3. The minimum Gasteiger partial charge on any atom is -0.409 e. The van der Waals surface area contributed by atoms with E-state index in [1.165, 1.54) is 6.07 Å². The smallest absolute Gasteiger partial charge is 0.170 e. The number of rotatable bonds is 4. The summed E-state index contributed by atoms with van der Waals surface area (Å²) >= 11 is 3.32. The van der Waals surface area contributed by atoms with Crippen molar-refractivity contribution in [1.82, 2.24) is 0 Å². The van der Waals surface area contributed by atoms with Gasteiger partial charge >= 0.3 is 0 Å². The summed E-state index contributed by atoms with van der Waals surface area (Å²) < 4.78 is 14.4. The van der Waals surface area contributed by atoms with Gasteiger partial charge < -0.3 is 16.3 Å². The molecule has 0 aliphatic carbocycles. The second-order valence-electron chi connectivity index (χ2n) is 4.58. The van der Waals surface area contributed by atoms with E-state index in [1.54, 1.807) is 18.2 Å². The number of amidine groups is 1. The summed E-state index contributed by atoms with van der Waals surface area (Å²) in [5, 5.41) is 14.7. The van der Waals surface area contributed by atoms with Gasteiger partial charge in [-0.1, -0.05) is 23.4 Å². The predicted molar refractivity (Wildman–Crippen MR) is 85.1 cm³/mol. The van der Waals surface area contributed by atoms with Gasteiger partial charge in [0.15, 0.2) is 5.84 Å². The predicted octanol–water partition coefficient (Wildman–Crippen LogP) is 3.60. The lowest BCUT2D eigenvalue weighted by Crippen LogP contribution is -2.13. The molecule has 0 aliphatic heterocycles. The highest BCUT2D eigenvalue weighted by Crippen LogP contribution is 2.26. The van der Waals surface area contributed by atoms with Crippen LogP contribution in [0.15, 0.2) is 46.0 Å². The summed E-state index contributed by atoms with van der Waals surface area (Å²) in [5.74, 6) is -0.246. The lowest BCUT2D eigenvalue weighted by molar-refractivity contribution is 0.318. The molecule has 0 unspecified atom stereocenters. The molecule has 0 aliphatic rings. The van der Waals surface area contributed by atoms with Crippen LogP contribution in [0, 0.1) is 12.7 Å². The summed E-state index contributed by atoms with van der Waals surface area (Å²) in [5.41, 5.74) is 8.59. The van der Waals surface area contributed by atoms with Crippen LogP contribution >= 0.6 is 15.9 Å². The van der Waals surface area contributed by atoms with E-state index in [1.807, 2.05) is 19.1 Å². The van der Waals surface area contributed by atoms with Gasteiger partial charge in [-0.3, -0.25) is 0 Å². The monoisotopic (exact) mass is 351 g/mol. The Labute approximate surface area is 130 Å². The first-order valence-electron chi connectivity index (χ1n) is 6.28. The number of nitrogens with two attached hydrogens (primary N) is 1. The van der Waals surface area contributed by atoms with Gasteiger partial charge in [-0.2, -0.15) is 0 Å². The molecule has 21 heavy (non-hydrogen) atoms. The molecule has 0 bridgehead atoms. The van der Waals surface area contributed by atoms with Gasteiger partial charge in [0.05, 0.1) is 5.69 Å². The molecule has 0 atom stereocenters. The third kappa shape index (κ3) is 3.52. The molecule has 0 spiro atoms. The number of nitrogens with one attached hydrogen (secondary N) is 1. The minimum absolute atomic E-state index is 0.0643. The second kappa shape index (κ2) is 6.58. The Morgan fingerprint density at radius 1 is 1.38 bits per heavy atom. The molecule has 6 heteroatoms. The first-order chi connectivity index (χ1) is 10.0. The Morgan fingerprint density at radius 2 is 2.14 bits per heavy atom. The molecule has 0 radical (unpaired) electrons. The minimum atomic E-state index is -0.310. The van der Waals surface area contributed by atoms with Gasteiger partial charge in [-0.05, 0) is 52.2 Å². The van der Waals surface area contributed by atoms with E-state index in [4.69, 9.17) is 10.9 Å². The fraction of sp³-hybridized carbons (Fsp3) is 0.133. The maximum absolute atomic E-state index is 13.7. The number of para-hydroxylation sites is 1. The molecule has 0 fully saturated rings. The molecule has 0 aromatic heterocycles. The van der Waals surface area contributed by atoms with Crippen LogP contribution in [-0.2, 0) is 6.54 Å². The summed E-state index contributed by atoms with van der Waals surface area (Å²) in [6.07, 6.45) is 0. The number of nitrogens with zero attached hydrogens (tertiary/aromatic N) is 1. The van der Waals surface area contributed by atoms with Crippen molar-refractivity contribution in [3.05, 3.63) is 63.4 Å². The van der Waals surface area contributed by atoms with Crippen molar-refractivity contribution in [3.8, 4) is 0 Å². The number of halogens is 2. The normalized spacial score (nSPS) is 11.5. The molecule has 110 valence electrons. The summed E-state index contributed by atoms with van der Waals surface area (Å²) in [6.45, 7) is 2.39. The third-order valence-electron chi connectivity index (χ3n) is 3.16. The van der Waals surface area contributed by atoms with Crippen LogP contribution in [0.2, 0.25) is 0 Å². The topological polar surface area (TPSA) is 70.6 Å². The third-order valence-corrected chi connectivity index (χ3v) is 3.83. The maximum atomic E-state index is 13.7. The number of hydrogen-bond acceptors (Lipinski definition) is 3. The lowest BCUT2D eigenvalue weighted by atomic mass is 10.0. The van der Waals surface area contributed by atoms with Gasteiger partial charge in [-0.25, -0.2) is 4.39 Å². The molecule has 2 aromatic rings. The van der Waals surface area contributed by atoms with Gasteiger partial charge in [0.2, 0.25) is 0 Å². The van der Waals surface area contributed by atoms with Crippen LogP contribution in [0.1, 0.15) is 16.7 Å². The molecule has 2 aromatic carbocycles. The summed E-state index contributed by atoms with van der Waals surface area (Å²) in [6, 6.07) is 10.3. The van der Waals surface area contributed by atoms with E-state index in [0.717, 1.165) is 11.1 Å². The van der Waals surface area contributed by atoms with Crippen molar-refractivity contribution in [2.45, 2.75) is 13.5 Å². The van der Waals surface area contributed by atoms with E-state index in [0.29, 0.717) is 22.3 Å². The summed E-state index contributed by atoms with van der Waals surface area (Å²) in [4.78, 5) is 0. The maximum Gasteiger partial charge on any atom is 0.170 e. The Morgan fingerprint density at radius 3 is 2.76 bits per heavy atom. The highest BCUT2D eigenvalue weighted by atomic mass is 79.9. The van der Waals surface area contributed by atoms with Crippen LogP contribution in [-0.4, -0.2) is 11.0 Å². The van der Waals surface area contributed by atoms with Crippen molar-refractivity contribution >= 4 is 27.5 Å².